The van der Waals surface area contributed by atoms with Crippen molar-refractivity contribution >= 4 is 11.5 Å². The minimum absolute atomic E-state index is 0.0820. The van der Waals surface area contributed by atoms with Gasteiger partial charge in [-0.25, -0.2) is 5.84 Å². The summed E-state index contributed by atoms with van der Waals surface area (Å²) in [5.41, 5.74) is -1.77. The minimum Gasteiger partial charge on any atom is -0.504 e. The zero-order chi connectivity index (χ0) is 19.9. The van der Waals surface area contributed by atoms with Crippen LogP contribution in [0.5, 0.6) is 28.7 Å². The molecule has 0 amide bonds. The van der Waals surface area contributed by atoms with Crippen LogP contribution in [-0.2, 0) is 0 Å². The van der Waals surface area contributed by atoms with E-state index in [1.54, 1.807) is 0 Å². The van der Waals surface area contributed by atoms with E-state index in [-0.39, 0.29) is 34.9 Å². The van der Waals surface area contributed by atoms with Gasteiger partial charge >= 0.3 is 0 Å². The number of aliphatic hydroxyl groups excluding tert-OH is 2. The average molecular weight is 378 g/mol. The lowest BCUT2D eigenvalue weighted by molar-refractivity contribution is 0.0602. The highest BCUT2D eigenvalue weighted by atomic mass is 16.5. The number of rotatable bonds is 4. The van der Waals surface area contributed by atoms with Crippen LogP contribution in [0.1, 0.15) is 15.9 Å². The Labute approximate surface area is 152 Å². The number of carbonyl (C=O) groups is 1. The average Bonchev–Trinajstić information content (AvgIpc) is 2.66. The van der Waals surface area contributed by atoms with Gasteiger partial charge in [-0.05, 0) is 24.3 Å². The van der Waals surface area contributed by atoms with Crippen molar-refractivity contribution in [1.29, 1.82) is 0 Å². The van der Waals surface area contributed by atoms with Gasteiger partial charge in [-0.1, -0.05) is 0 Å². The van der Waals surface area contributed by atoms with Crippen LogP contribution < -0.4 is 15.6 Å². The first-order valence-corrected chi connectivity index (χ1v) is 7.81. The van der Waals surface area contributed by atoms with E-state index in [1.807, 2.05) is 0 Å². The van der Waals surface area contributed by atoms with Gasteiger partial charge in [0.25, 0.3) is 0 Å². The Morgan fingerprint density at radius 3 is 2.22 bits per heavy atom. The lowest BCUT2D eigenvalue weighted by Gasteiger charge is -2.44. The van der Waals surface area contributed by atoms with Crippen LogP contribution in [0.3, 0.4) is 0 Å². The third-order valence-corrected chi connectivity index (χ3v) is 4.51. The molecule has 0 saturated carbocycles. The molecule has 1 aliphatic rings. The Bertz CT molecular complexity index is 887. The van der Waals surface area contributed by atoms with E-state index in [9.17, 15) is 35.4 Å². The van der Waals surface area contributed by atoms with Crippen molar-refractivity contribution in [2.75, 3.05) is 24.8 Å². The van der Waals surface area contributed by atoms with Crippen LogP contribution in [0.25, 0.3) is 0 Å². The van der Waals surface area contributed by atoms with Crippen LogP contribution in [0, 0.1) is 0 Å². The second kappa shape index (κ2) is 6.50. The van der Waals surface area contributed by atoms with Crippen molar-refractivity contribution in [3.63, 3.8) is 0 Å². The van der Waals surface area contributed by atoms with Gasteiger partial charge < -0.3 is 35.4 Å². The summed E-state index contributed by atoms with van der Waals surface area (Å²) >= 11 is 0. The van der Waals surface area contributed by atoms with Gasteiger partial charge in [-0.15, -0.1) is 0 Å². The number of ketones is 1. The Hall–Kier alpha value is -3.21. The minimum atomic E-state index is -1.44. The van der Waals surface area contributed by atoms with E-state index >= 15 is 0 Å². The van der Waals surface area contributed by atoms with Crippen molar-refractivity contribution in [1.82, 2.24) is 0 Å². The van der Waals surface area contributed by atoms with Gasteiger partial charge in [-0.3, -0.25) is 9.80 Å². The van der Waals surface area contributed by atoms with Gasteiger partial charge in [0, 0.05) is 5.56 Å². The van der Waals surface area contributed by atoms with Crippen molar-refractivity contribution in [3.8, 4) is 28.7 Å². The molecule has 8 N–H and O–H groups in total. The molecule has 0 aromatic heterocycles. The smallest absolute Gasteiger partial charge is 0.200 e. The summed E-state index contributed by atoms with van der Waals surface area (Å²) in [6.07, 6.45) is 0. The summed E-state index contributed by atoms with van der Waals surface area (Å²) in [5.74, 6) is 2.72. The van der Waals surface area contributed by atoms with Crippen LogP contribution in [0.4, 0.5) is 5.69 Å². The van der Waals surface area contributed by atoms with Crippen LogP contribution in [-0.4, -0.2) is 61.8 Å². The van der Waals surface area contributed by atoms with Gasteiger partial charge in [0.2, 0.25) is 0 Å². The second-order valence-corrected chi connectivity index (χ2v) is 6.20. The summed E-state index contributed by atoms with van der Waals surface area (Å²) in [6.45, 7) is -1.43. The molecule has 0 unspecified atom stereocenters. The zero-order valence-corrected chi connectivity index (χ0v) is 14.0. The van der Waals surface area contributed by atoms with E-state index in [1.165, 1.54) is 12.1 Å². The number of nitrogens with zero attached hydrogens (tertiary/aromatic N) is 1. The number of hydrazine groups is 1. The summed E-state index contributed by atoms with van der Waals surface area (Å²) in [7, 11) is 0. The summed E-state index contributed by atoms with van der Waals surface area (Å²) in [5, 5.41) is 59.0. The third kappa shape index (κ3) is 2.76. The molecule has 0 saturated heterocycles. The molecule has 0 aliphatic carbocycles. The number of phenols is 4. The van der Waals surface area contributed by atoms with Crippen LogP contribution >= 0.6 is 0 Å². The number of aromatic hydroxyl groups is 4. The van der Waals surface area contributed by atoms with E-state index in [4.69, 9.17) is 10.6 Å². The van der Waals surface area contributed by atoms with Crippen LogP contribution in [0.15, 0.2) is 24.3 Å². The first-order chi connectivity index (χ1) is 12.8. The maximum absolute atomic E-state index is 12.9. The molecule has 0 radical (unpaired) electrons. The van der Waals surface area contributed by atoms with Crippen molar-refractivity contribution in [2.24, 2.45) is 5.84 Å². The highest BCUT2D eigenvalue weighted by Gasteiger charge is 2.43. The van der Waals surface area contributed by atoms with Gasteiger partial charge in [0.15, 0.2) is 34.5 Å². The molecule has 2 aromatic carbocycles. The largest absolute Gasteiger partial charge is 0.504 e. The van der Waals surface area contributed by atoms with E-state index in [0.29, 0.717) is 0 Å². The molecular weight excluding hydrogens is 360 g/mol. The molecule has 27 heavy (non-hydrogen) atoms. The molecule has 3 rings (SSSR count). The highest BCUT2D eigenvalue weighted by molar-refractivity contribution is 6.14. The number of benzene rings is 2. The number of fused-ring (bicyclic) bond motifs is 1. The summed E-state index contributed by atoms with van der Waals surface area (Å²) in [6, 6.07) is 4.34. The fourth-order valence-electron chi connectivity index (χ4n) is 2.82. The molecule has 144 valence electrons. The quantitative estimate of drug-likeness (QED) is 0.209. The van der Waals surface area contributed by atoms with Gasteiger partial charge in [0.05, 0.1) is 18.8 Å². The molecule has 10 heteroatoms. The van der Waals surface area contributed by atoms with E-state index in [0.717, 1.165) is 17.1 Å². The number of hydrogen-bond acceptors (Lipinski definition) is 10. The topological polar surface area (TPSA) is 177 Å². The van der Waals surface area contributed by atoms with Crippen molar-refractivity contribution in [3.05, 3.63) is 35.4 Å². The maximum atomic E-state index is 12.9. The Morgan fingerprint density at radius 1 is 1.07 bits per heavy atom. The summed E-state index contributed by atoms with van der Waals surface area (Å²) in [4.78, 5) is 12.9. The highest BCUT2D eigenvalue weighted by Crippen LogP contribution is 2.45. The second-order valence-electron chi connectivity index (χ2n) is 6.20. The molecule has 0 bridgehead atoms. The number of aliphatic hydroxyl groups is 2. The van der Waals surface area contributed by atoms with E-state index < -0.39 is 41.8 Å². The summed E-state index contributed by atoms with van der Waals surface area (Å²) < 4.78 is 5.43. The normalized spacial score (nSPS) is 15.1. The fraction of sp³-hybridized carbons (Fsp3) is 0.235. The molecule has 0 spiro atoms. The fourth-order valence-corrected chi connectivity index (χ4v) is 2.82. The molecule has 0 fully saturated rings. The Morgan fingerprint density at radius 2 is 1.67 bits per heavy atom. The Kier molecular flexibility index (Phi) is 4.47. The Balaban J connectivity index is 2.18. The maximum Gasteiger partial charge on any atom is 0.200 e. The lowest BCUT2D eigenvalue weighted by Crippen LogP contribution is -2.64. The van der Waals surface area contributed by atoms with Gasteiger partial charge in [-0.2, -0.15) is 0 Å². The van der Waals surface area contributed by atoms with Gasteiger partial charge in [0.1, 0.15) is 17.8 Å². The molecule has 10 nitrogen and oxygen atoms in total. The number of phenolic OH excluding ortho intramolecular Hbond substituents is 4. The number of hydrogen-bond donors (Lipinski definition) is 7. The molecular formula is C17H18N2O8. The molecule has 0 atom stereocenters. The zero-order valence-electron chi connectivity index (χ0n) is 14.0. The van der Waals surface area contributed by atoms with Crippen molar-refractivity contribution < 1.29 is 40.2 Å². The predicted octanol–water partition coefficient (Wildman–Crippen LogP) is -0.464. The monoisotopic (exact) mass is 378 g/mol. The number of nitrogens with two attached hydrogens (primary N) is 1. The molecule has 1 heterocycles. The SMILES string of the molecule is NN1c2c(C(=O)c3cc(O)c(O)c(O)c3)ccc(O)c2OCC1(CO)CO. The lowest BCUT2D eigenvalue weighted by atomic mass is 9.94. The number of ether oxygens (including phenoxy) is 1. The third-order valence-electron chi connectivity index (χ3n) is 4.51. The van der Waals surface area contributed by atoms with E-state index in [2.05, 4.69) is 0 Å². The van der Waals surface area contributed by atoms with Crippen molar-refractivity contribution in [2.45, 2.75) is 5.54 Å². The molecule has 1 aliphatic heterocycles. The predicted molar refractivity (Wildman–Crippen MR) is 92.0 cm³/mol. The number of anilines is 1. The number of carbonyl (C=O) groups excluding carboxylic acids is 1. The standard InChI is InChI=1S/C17H18N2O8/c18-19-13-9(14(25)8-3-11(23)15(26)12(24)4-8)1-2-10(22)16(13)27-7-17(19,5-20)6-21/h1-4,20-24,26H,5-7,18H2. The molecule has 2 aromatic rings. The van der Waals surface area contributed by atoms with Crippen LogP contribution in [0.2, 0.25) is 0 Å². The first kappa shape index (κ1) is 18.6. The first-order valence-electron chi connectivity index (χ1n) is 7.81.